The van der Waals surface area contributed by atoms with Crippen LogP contribution < -0.4 is 10.5 Å². The average Bonchev–Trinajstić information content (AvgIpc) is 3.11. The van der Waals surface area contributed by atoms with Crippen molar-refractivity contribution in [3.05, 3.63) is 40.8 Å². The molecule has 20 heavy (non-hydrogen) atoms. The van der Waals surface area contributed by atoms with E-state index < -0.39 is 10.0 Å². The zero-order valence-electron chi connectivity index (χ0n) is 11.1. The fourth-order valence-electron chi connectivity index (χ4n) is 2.18. The quantitative estimate of drug-likeness (QED) is 0.851. The Balaban J connectivity index is 1.96. The van der Waals surface area contributed by atoms with Crippen LogP contribution in [-0.2, 0) is 10.0 Å². The van der Waals surface area contributed by atoms with Crippen molar-refractivity contribution in [2.45, 2.75) is 29.9 Å². The van der Waals surface area contributed by atoms with Gasteiger partial charge < -0.3 is 5.73 Å². The summed E-state index contributed by atoms with van der Waals surface area (Å²) in [4.78, 5) is 0. The van der Waals surface area contributed by atoms with Crippen molar-refractivity contribution >= 4 is 32.7 Å². The Morgan fingerprint density at radius 3 is 2.75 bits per heavy atom. The lowest BCUT2D eigenvalue weighted by atomic mass is 10.2. The van der Waals surface area contributed by atoms with Crippen LogP contribution in [-0.4, -0.2) is 8.42 Å². The van der Waals surface area contributed by atoms with Gasteiger partial charge in [0, 0.05) is 5.69 Å². The molecule has 1 heterocycles. The summed E-state index contributed by atoms with van der Waals surface area (Å²) in [6.07, 6.45) is 2.16. The van der Waals surface area contributed by atoms with E-state index in [0.29, 0.717) is 21.5 Å². The third kappa shape index (κ3) is 2.41. The highest BCUT2D eigenvalue weighted by molar-refractivity contribution is 7.94. The Kier molecular flexibility index (Phi) is 3.22. The van der Waals surface area contributed by atoms with Crippen LogP contribution in [0.2, 0.25) is 0 Å². The standard InChI is InChI=1S/C14H16N2O2S2/c1-9-12(15)3-2-4-13(9)16-20(17,18)14-11(7-8-19-14)10-5-6-10/h2-4,7-8,10,16H,5-6,15H2,1H3. The maximum atomic E-state index is 12.5. The Labute approximate surface area is 122 Å². The largest absolute Gasteiger partial charge is 0.398 e. The van der Waals surface area contributed by atoms with Crippen molar-refractivity contribution < 1.29 is 8.42 Å². The zero-order chi connectivity index (χ0) is 14.3. The van der Waals surface area contributed by atoms with E-state index in [9.17, 15) is 8.42 Å². The highest BCUT2D eigenvalue weighted by Gasteiger charge is 2.31. The lowest BCUT2D eigenvalue weighted by Gasteiger charge is -2.12. The van der Waals surface area contributed by atoms with E-state index in [-0.39, 0.29) is 0 Å². The Morgan fingerprint density at radius 1 is 1.30 bits per heavy atom. The topological polar surface area (TPSA) is 72.2 Å². The van der Waals surface area contributed by atoms with Gasteiger partial charge in [-0.3, -0.25) is 4.72 Å². The third-order valence-corrected chi connectivity index (χ3v) is 6.42. The van der Waals surface area contributed by atoms with Crippen molar-refractivity contribution in [2.24, 2.45) is 0 Å². The molecule has 1 saturated carbocycles. The van der Waals surface area contributed by atoms with Crippen molar-refractivity contribution in [1.29, 1.82) is 0 Å². The maximum absolute atomic E-state index is 12.5. The first-order chi connectivity index (χ1) is 9.49. The summed E-state index contributed by atoms with van der Waals surface area (Å²) in [5.74, 6) is 0.412. The second-order valence-electron chi connectivity index (χ2n) is 5.06. The third-order valence-electron chi connectivity index (χ3n) is 3.54. The van der Waals surface area contributed by atoms with E-state index in [4.69, 9.17) is 5.73 Å². The summed E-state index contributed by atoms with van der Waals surface area (Å²) in [5, 5.41) is 1.84. The fraction of sp³-hybridized carbons (Fsp3) is 0.286. The number of benzene rings is 1. The summed E-state index contributed by atoms with van der Waals surface area (Å²) < 4.78 is 28.2. The molecule has 4 nitrogen and oxygen atoms in total. The van der Waals surface area contributed by atoms with Crippen LogP contribution in [0.3, 0.4) is 0 Å². The molecule has 0 amide bonds. The normalized spacial score (nSPS) is 15.2. The molecule has 6 heteroatoms. The highest BCUT2D eigenvalue weighted by atomic mass is 32.2. The van der Waals surface area contributed by atoms with Gasteiger partial charge >= 0.3 is 0 Å². The molecule has 1 aromatic heterocycles. The highest BCUT2D eigenvalue weighted by Crippen LogP contribution is 2.45. The number of sulfonamides is 1. The molecule has 0 radical (unpaired) electrons. The van der Waals surface area contributed by atoms with E-state index in [1.165, 1.54) is 11.3 Å². The molecule has 1 fully saturated rings. The van der Waals surface area contributed by atoms with Gasteiger partial charge in [-0.1, -0.05) is 6.07 Å². The SMILES string of the molecule is Cc1c(N)cccc1NS(=O)(=O)c1sccc1C1CC1. The summed E-state index contributed by atoms with van der Waals surface area (Å²) in [5.41, 5.74) is 8.64. The predicted octanol–water partition coefficient (Wildman–Crippen LogP) is 3.32. The van der Waals surface area contributed by atoms with Gasteiger partial charge in [0.2, 0.25) is 0 Å². The summed E-state index contributed by atoms with van der Waals surface area (Å²) in [6.45, 7) is 1.81. The molecule has 1 aromatic carbocycles. The molecule has 1 aliphatic rings. The van der Waals surface area contributed by atoms with Crippen molar-refractivity contribution in [2.75, 3.05) is 10.5 Å². The minimum atomic E-state index is -3.53. The lowest BCUT2D eigenvalue weighted by molar-refractivity contribution is 0.602. The summed E-state index contributed by atoms with van der Waals surface area (Å²) in [6, 6.07) is 7.15. The smallest absolute Gasteiger partial charge is 0.271 e. The van der Waals surface area contributed by atoms with E-state index in [1.807, 2.05) is 18.4 Å². The summed E-state index contributed by atoms with van der Waals surface area (Å²) in [7, 11) is -3.53. The van der Waals surface area contributed by atoms with E-state index in [2.05, 4.69) is 4.72 Å². The minimum absolute atomic E-state index is 0.412. The number of nitrogens with one attached hydrogen (secondary N) is 1. The maximum Gasteiger partial charge on any atom is 0.271 e. The van der Waals surface area contributed by atoms with Crippen molar-refractivity contribution in [3.63, 3.8) is 0 Å². The van der Waals surface area contributed by atoms with Gasteiger partial charge in [-0.05, 0) is 60.4 Å². The van der Waals surface area contributed by atoms with Crippen molar-refractivity contribution in [3.8, 4) is 0 Å². The molecule has 1 aliphatic carbocycles. The predicted molar refractivity (Wildman–Crippen MR) is 82.7 cm³/mol. The molecule has 0 saturated heterocycles. The molecule has 3 rings (SSSR count). The molecule has 0 spiro atoms. The molecule has 0 atom stereocenters. The van der Waals surface area contributed by atoms with Crippen molar-refractivity contribution in [1.82, 2.24) is 0 Å². The van der Waals surface area contributed by atoms with E-state index in [1.54, 1.807) is 18.2 Å². The van der Waals surface area contributed by atoms with Crippen LogP contribution in [0.1, 0.15) is 29.9 Å². The molecule has 0 bridgehead atoms. The first-order valence-corrected chi connectivity index (χ1v) is 8.80. The van der Waals surface area contributed by atoms with E-state index in [0.717, 1.165) is 24.0 Å². The molecule has 0 unspecified atom stereocenters. The number of hydrogen-bond acceptors (Lipinski definition) is 4. The number of thiophene rings is 1. The van der Waals surface area contributed by atoms with Gasteiger partial charge in [0.15, 0.2) is 0 Å². The van der Waals surface area contributed by atoms with Crippen LogP contribution in [0.15, 0.2) is 33.9 Å². The summed E-state index contributed by atoms with van der Waals surface area (Å²) >= 11 is 1.27. The first-order valence-electron chi connectivity index (χ1n) is 6.44. The number of rotatable bonds is 4. The van der Waals surface area contributed by atoms with Crippen LogP contribution >= 0.6 is 11.3 Å². The molecular formula is C14H16N2O2S2. The monoisotopic (exact) mass is 308 g/mol. The second kappa shape index (κ2) is 4.79. The fourth-order valence-corrected chi connectivity index (χ4v) is 4.83. The number of hydrogen-bond donors (Lipinski definition) is 2. The van der Waals surface area contributed by atoms with Gasteiger partial charge in [-0.15, -0.1) is 11.3 Å². The van der Waals surface area contributed by atoms with Gasteiger partial charge in [0.05, 0.1) is 5.69 Å². The van der Waals surface area contributed by atoms with E-state index >= 15 is 0 Å². The lowest BCUT2D eigenvalue weighted by Crippen LogP contribution is -2.14. The molecule has 2 aromatic rings. The molecule has 0 aliphatic heterocycles. The Hall–Kier alpha value is -1.53. The van der Waals surface area contributed by atoms with Gasteiger partial charge in [-0.2, -0.15) is 0 Å². The Bertz CT molecular complexity index is 746. The number of nitrogens with two attached hydrogens (primary N) is 1. The molecular weight excluding hydrogens is 292 g/mol. The van der Waals surface area contributed by atoms with Crippen LogP contribution in [0.4, 0.5) is 11.4 Å². The average molecular weight is 308 g/mol. The Morgan fingerprint density at radius 2 is 2.05 bits per heavy atom. The molecule has 3 N–H and O–H groups in total. The zero-order valence-corrected chi connectivity index (χ0v) is 12.7. The number of nitrogen functional groups attached to an aromatic ring is 1. The van der Waals surface area contributed by atoms with Gasteiger partial charge in [-0.25, -0.2) is 8.42 Å². The first kappa shape index (κ1) is 13.5. The van der Waals surface area contributed by atoms with Crippen LogP contribution in [0.5, 0.6) is 0 Å². The van der Waals surface area contributed by atoms with Crippen LogP contribution in [0, 0.1) is 6.92 Å². The van der Waals surface area contributed by atoms with Crippen LogP contribution in [0.25, 0.3) is 0 Å². The number of anilines is 2. The van der Waals surface area contributed by atoms with Gasteiger partial charge in [0.25, 0.3) is 10.0 Å². The minimum Gasteiger partial charge on any atom is -0.398 e. The van der Waals surface area contributed by atoms with Gasteiger partial charge in [0.1, 0.15) is 4.21 Å². The molecule has 106 valence electrons. The second-order valence-corrected chi connectivity index (χ2v) is 7.86.